The molecule has 5 nitrogen and oxygen atoms in total. The predicted octanol–water partition coefficient (Wildman–Crippen LogP) is 1.49. The number of thiazole rings is 1. The number of likely N-dealkylation sites (tertiary alicyclic amines) is 1. The molecule has 1 aliphatic heterocycles. The number of carbonyl (C=O) groups excluding carboxylic acids is 1. The molecule has 2 heterocycles. The van der Waals surface area contributed by atoms with E-state index in [1.807, 2.05) is 5.38 Å². The summed E-state index contributed by atoms with van der Waals surface area (Å²) in [5.41, 5.74) is 6.04. The Hall–Kier alpha value is -0.980. The van der Waals surface area contributed by atoms with Gasteiger partial charge in [0.1, 0.15) is 5.69 Å². The van der Waals surface area contributed by atoms with Crippen LogP contribution in [0, 0.1) is 5.92 Å². The second-order valence-electron chi connectivity index (χ2n) is 6.11. The van der Waals surface area contributed by atoms with Crippen LogP contribution in [-0.4, -0.2) is 48.0 Å². The van der Waals surface area contributed by atoms with Crippen molar-refractivity contribution in [2.75, 3.05) is 26.2 Å². The molecule has 118 valence electrons. The van der Waals surface area contributed by atoms with Crippen molar-refractivity contribution >= 4 is 17.2 Å². The van der Waals surface area contributed by atoms with Crippen LogP contribution in [0.1, 0.15) is 42.2 Å². The van der Waals surface area contributed by atoms with E-state index in [4.69, 9.17) is 5.73 Å². The molecule has 2 rings (SSSR count). The average molecular weight is 310 g/mol. The molecule has 0 spiro atoms. The molecular formula is C15H26N4OS. The van der Waals surface area contributed by atoms with E-state index in [-0.39, 0.29) is 11.9 Å². The SMILES string of the molecule is CC(C)CN1CCC(NC(=O)c2csc(CCN)n2)CC1. The minimum Gasteiger partial charge on any atom is -0.348 e. The zero-order valence-electron chi connectivity index (χ0n) is 13.0. The Balaban J connectivity index is 1.78. The number of nitrogens with two attached hydrogens (primary N) is 1. The van der Waals surface area contributed by atoms with Crippen LogP contribution >= 0.6 is 11.3 Å². The summed E-state index contributed by atoms with van der Waals surface area (Å²) >= 11 is 1.51. The number of rotatable bonds is 6. The first-order chi connectivity index (χ1) is 10.1. The molecule has 0 saturated carbocycles. The van der Waals surface area contributed by atoms with Crippen molar-refractivity contribution in [2.24, 2.45) is 11.7 Å². The van der Waals surface area contributed by atoms with Crippen LogP contribution in [0.4, 0.5) is 0 Å². The fourth-order valence-electron chi connectivity index (χ4n) is 2.69. The number of aromatic nitrogens is 1. The third-order valence-corrected chi connectivity index (χ3v) is 4.60. The topological polar surface area (TPSA) is 71.2 Å². The molecule has 6 heteroatoms. The molecular weight excluding hydrogens is 284 g/mol. The van der Waals surface area contributed by atoms with Crippen molar-refractivity contribution in [1.29, 1.82) is 0 Å². The summed E-state index contributed by atoms with van der Waals surface area (Å²) in [4.78, 5) is 19.0. The monoisotopic (exact) mass is 310 g/mol. The van der Waals surface area contributed by atoms with E-state index in [9.17, 15) is 4.79 Å². The minimum absolute atomic E-state index is 0.0446. The van der Waals surface area contributed by atoms with E-state index in [2.05, 4.69) is 29.0 Å². The molecule has 0 aliphatic carbocycles. The lowest BCUT2D eigenvalue weighted by molar-refractivity contribution is 0.0903. The third-order valence-electron chi connectivity index (χ3n) is 3.69. The highest BCUT2D eigenvalue weighted by Gasteiger charge is 2.22. The number of carbonyl (C=O) groups is 1. The minimum atomic E-state index is -0.0446. The lowest BCUT2D eigenvalue weighted by Gasteiger charge is -2.33. The number of nitrogens with one attached hydrogen (secondary N) is 1. The van der Waals surface area contributed by atoms with Crippen LogP contribution in [0.2, 0.25) is 0 Å². The van der Waals surface area contributed by atoms with E-state index < -0.39 is 0 Å². The van der Waals surface area contributed by atoms with Crippen molar-refractivity contribution in [2.45, 2.75) is 39.2 Å². The Morgan fingerprint density at radius 2 is 2.24 bits per heavy atom. The lowest BCUT2D eigenvalue weighted by Crippen LogP contribution is -2.45. The van der Waals surface area contributed by atoms with E-state index in [0.29, 0.717) is 18.2 Å². The van der Waals surface area contributed by atoms with Gasteiger partial charge >= 0.3 is 0 Å². The smallest absolute Gasteiger partial charge is 0.270 e. The van der Waals surface area contributed by atoms with Gasteiger partial charge in [0.15, 0.2) is 0 Å². The molecule has 1 aromatic heterocycles. The standard InChI is InChI=1S/C15H26N4OS/c1-11(2)9-19-7-4-12(5-8-19)17-15(20)13-10-21-14(18-13)3-6-16/h10-12H,3-9,16H2,1-2H3,(H,17,20). The molecule has 0 unspecified atom stereocenters. The van der Waals surface area contributed by atoms with Crippen molar-refractivity contribution in [1.82, 2.24) is 15.2 Å². The van der Waals surface area contributed by atoms with Crippen molar-refractivity contribution < 1.29 is 4.79 Å². The zero-order chi connectivity index (χ0) is 15.2. The average Bonchev–Trinajstić information content (AvgIpc) is 2.89. The normalized spacial score (nSPS) is 17.3. The van der Waals surface area contributed by atoms with Gasteiger partial charge in [0.2, 0.25) is 0 Å². The molecule has 1 amide bonds. The predicted molar refractivity (Wildman–Crippen MR) is 86.6 cm³/mol. The van der Waals surface area contributed by atoms with E-state index in [0.717, 1.165) is 43.9 Å². The van der Waals surface area contributed by atoms with Crippen molar-refractivity contribution in [3.05, 3.63) is 16.1 Å². The quantitative estimate of drug-likeness (QED) is 0.835. The third kappa shape index (κ3) is 5.05. The van der Waals surface area contributed by atoms with Gasteiger partial charge in [0.05, 0.1) is 5.01 Å². The van der Waals surface area contributed by atoms with E-state index in [1.54, 1.807) is 0 Å². The van der Waals surface area contributed by atoms with Gasteiger partial charge in [-0.3, -0.25) is 4.79 Å². The maximum Gasteiger partial charge on any atom is 0.270 e. The molecule has 0 atom stereocenters. The fraction of sp³-hybridized carbons (Fsp3) is 0.733. The molecule has 21 heavy (non-hydrogen) atoms. The van der Waals surface area contributed by atoms with Gasteiger partial charge in [-0.25, -0.2) is 4.98 Å². The molecule has 1 aromatic rings. The van der Waals surface area contributed by atoms with Crippen LogP contribution in [0.5, 0.6) is 0 Å². The van der Waals surface area contributed by atoms with Crippen LogP contribution in [0.25, 0.3) is 0 Å². The van der Waals surface area contributed by atoms with Crippen LogP contribution < -0.4 is 11.1 Å². The molecule has 1 fully saturated rings. The van der Waals surface area contributed by atoms with E-state index >= 15 is 0 Å². The van der Waals surface area contributed by atoms with Gasteiger partial charge in [0.25, 0.3) is 5.91 Å². The van der Waals surface area contributed by atoms with Crippen LogP contribution in [0.3, 0.4) is 0 Å². The summed E-state index contributed by atoms with van der Waals surface area (Å²) < 4.78 is 0. The number of nitrogens with zero attached hydrogens (tertiary/aromatic N) is 2. The molecule has 3 N–H and O–H groups in total. The highest BCUT2D eigenvalue weighted by Crippen LogP contribution is 2.14. The van der Waals surface area contributed by atoms with Gasteiger partial charge in [-0.05, 0) is 25.3 Å². The summed E-state index contributed by atoms with van der Waals surface area (Å²) in [6.45, 7) is 8.35. The number of hydrogen-bond donors (Lipinski definition) is 2. The Kier molecular flexibility index (Phi) is 6.14. The second-order valence-corrected chi connectivity index (χ2v) is 7.05. The highest BCUT2D eigenvalue weighted by molar-refractivity contribution is 7.09. The van der Waals surface area contributed by atoms with Gasteiger partial charge in [-0.15, -0.1) is 11.3 Å². The van der Waals surface area contributed by atoms with Crippen molar-refractivity contribution in [3.8, 4) is 0 Å². The van der Waals surface area contributed by atoms with E-state index in [1.165, 1.54) is 11.3 Å². The Morgan fingerprint density at radius 1 is 1.52 bits per heavy atom. The first-order valence-electron chi connectivity index (χ1n) is 7.76. The van der Waals surface area contributed by atoms with Crippen LogP contribution in [-0.2, 0) is 6.42 Å². The number of piperidine rings is 1. The van der Waals surface area contributed by atoms with Crippen molar-refractivity contribution in [3.63, 3.8) is 0 Å². The lowest BCUT2D eigenvalue weighted by atomic mass is 10.0. The summed E-state index contributed by atoms with van der Waals surface area (Å²) in [6, 6.07) is 0.278. The second kappa shape index (κ2) is 7.87. The Bertz CT molecular complexity index is 452. The van der Waals surface area contributed by atoms with Gasteiger partial charge in [-0.2, -0.15) is 0 Å². The fourth-order valence-corrected chi connectivity index (χ4v) is 3.48. The highest BCUT2D eigenvalue weighted by atomic mass is 32.1. The molecule has 0 bridgehead atoms. The number of hydrogen-bond acceptors (Lipinski definition) is 5. The summed E-state index contributed by atoms with van der Waals surface area (Å²) in [5.74, 6) is 0.656. The maximum atomic E-state index is 12.2. The first kappa shape index (κ1) is 16.4. The van der Waals surface area contributed by atoms with Gasteiger partial charge in [-0.1, -0.05) is 13.8 Å². The largest absolute Gasteiger partial charge is 0.348 e. The zero-order valence-corrected chi connectivity index (χ0v) is 13.8. The summed E-state index contributed by atoms with van der Waals surface area (Å²) in [7, 11) is 0. The van der Waals surface area contributed by atoms with Gasteiger partial charge < -0.3 is 16.0 Å². The Labute approximate surface area is 130 Å². The summed E-state index contributed by atoms with van der Waals surface area (Å²) in [5, 5.41) is 5.88. The first-order valence-corrected chi connectivity index (χ1v) is 8.64. The molecule has 1 aliphatic rings. The van der Waals surface area contributed by atoms with Crippen LogP contribution in [0.15, 0.2) is 5.38 Å². The maximum absolute atomic E-state index is 12.2. The molecule has 1 saturated heterocycles. The molecule has 0 radical (unpaired) electrons. The molecule has 0 aromatic carbocycles. The Morgan fingerprint density at radius 3 is 2.86 bits per heavy atom. The van der Waals surface area contributed by atoms with Gasteiger partial charge in [0, 0.05) is 37.5 Å². The number of amides is 1. The summed E-state index contributed by atoms with van der Waals surface area (Å²) in [6.07, 6.45) is 2.79.